The largest absolute Gasteiger partial charge is 0.360 e. The third-order valence-corrected chi connectivity index (χ3v) is 5.55. The van der Waals surface area contributed by atoms with Crippen molar-refractivity contribution < 1.29 is 0 Å². The molecular formula is C17H34N2S. The number of hydrogen-bond acceptors (Lipinski definition) is 2. The van der Waals surface area contributed by atoms with Crippen molar-refractivity contribution >= 4 is 16.9 Å². The Morgan fingerprint density at radius 2 is 1.70 bits per heavy atom. The molecular weight excluding hydrogens is 264 g/mol. The summed E-state index contributed by atoms with van der Waals surface area (Å²) in [5.41, 5.74) is 0.139. The second kappa shape index (κ2) is 8.31. The summed E-state index contributed by atoms with van der Waals surface area (Å²) in [4.78, 5) is 5.16. The van der Waals surface area contributed by atoms with Crippen molar-refractivity contribution in [2.24, 2.45) is 16.8 Å². The summed E-state index contributed by atoms with van der Waals surface area (Å²) in [6, 6.07) is 0.529. The van der Waals surface area contributed by atoms with Crippen molar-refractivity contribution in [3.8, 4) is 0 Å². The maximum Gasteiger partial charge on any atom is 0.156 e. The smallest absolute Gasteiger partial charge is 0.156 e. The molecule has 20 heavy (non-hydrogen) atoms. The van der Waals surface area contributed by atoms with Gasteiger partial charge < -0.3 is 5.32 Å². The van der Waals surface area contributed by atoms with Gasteiger partial charge >= 0.3 is 0 Å². The molecule has 0 aromatic heterocycles. The number of nitrogens with one attached hydrogen (secondary N) is 1. The Kier molecular flexibility index (Phi) is 7.42. The molecule has 0 radical (unpaired) electrons. The quantitative estimate of drug-likeness (QED) is 0.565. The molecule has 0 aliphatic heterocycles. The number of aliphatic imine (C=N–C) groups is 1. The van der Waals surface area contributed by atoms with Gasteiger partial charge in [-0.1, -0.05) is 51.8 Å². The molecule has 2 atom stereocenters. The van der Waals surface area contributed by atoms with E-state index in [0.29, 0.717) is 6.04 Å². The van der Waals surface area contributed by atoms with Crippen LogP contribution in [0.15, 0.2) is 4.99 Å². The third-order valence-electron chi connectivity index (χ3n) is 4.95. The molecule has 0 aromatic rings. The summed E-state index contributed by atoms with van der Waals surface area (Å²) in [7, 11) is 0. The zero-order valence-electron chi connectivity index (χ0n) is 14.3. The van der Waals surface area contributed by atoms with Crippen LogP contribution < -0.4 is 5.32 Å². The molecule has 1 N–H and O–H groups in total. The van der Waals surface area contributed by atoms with Gasteiger partial charge in [-0.15, -0.1) is 0 Å². The van der Waals surface area contributed by atoms with E-state index >= 15 is 0 Å². The number of amidine groups is 1. The van der Waals surface area contributed by atoms with Gasteiger partial charge in [0.05, 0.1) is 6.04 Å². The first-order valence-corrected chi connectivity index (χ1v) is 9.59. The molecule has 0 heterocycles. The van der Waals surface area contributed by atoms with Gasteiger partial charge in [-0.25, -0.2) is 0 Å². The van der Waals surface area contributed by atoms with Crippen LogP contribution in [0, 0.1) is 11.8 Å². The van der Waals surface area contributed by atoms with Crippen molar-refractivity contribution in [2.45, 2.75) is 84.7 Å². The molecule has 2 nitrogen and oxygen atoms in total. The van der Waals surface area contributed by atoms with E-state index in [9.17, 15) is 0 Å². The highest BCUT2D eigenvalue weighted by Gasteiger charge is 2.31. The first kappa shape index (κ1) is 17.9. The maximum atomic E-state index is 5.16. The summed E-state index contributed by atoms with van der Waals surface area (Å²) >= 11 is 1.77. The van der Waals surface area contributed by atoms with Gasteiger partial charge in [0.2, 0.25) is 0 Å². The third kappa shape index (κ3) is 4.98. The van der Waals surface area contributed by atoms with Gasteiger partial charge in [-0.05, 0) is 51.2 Å². The molecule has 1 fully saturated rings. The molecule has 0 aromatic carbocycles. The van der Waals surface area contributed by atoms with Gasteiger partial charge in [0.1, 0.15) is 0 Å². The van der Waals surface area contributed by atoms with E-state index < -0.39 is 0 Å². The molecule has 1 aliphatic carbocycles. The van der Waals surface area contributed by atoms with Crippen molar-refractivity contribution in [1.29, 1.82) is 0 Å². The maximum absolute atomic E-state index is 5.16. The number of nitrogens with zero attached hydrogens (tertiary/aromatic N) is 1. The van der Waals surface area contributed by atoms with Crippen LogP contribution in [0.5, 0.6) is 0 Å². The van der Waals surface area contributed by atoms with Crippen LogP contribution in [0.3, 0.4) is 0 Å². The second-order valence-electron chi connectivity index (χ2n) is 6.76. The highest BCUT2D eigenvalue weighted by molar-refractivity contribution is 8.13. The number of thioether (sulfide) groups is 1. The lowest BCUT2D eigenvalue weighted by molar-refractivity contribution is 0.212. The Morgan fingerprint density at radius 3 is 2.10 bits per heavy atom. The highest BCUT2D eigenvalue weighted by atomic mass is 32.2. The highest BCUT2D eigenvalue weighted by Crippen LogP contribution is 2.36. The van der Waals surface area contributed by atoms with Crippen molar-refractivity contribution in [3.05, 3.63) is 0 Å². The Bertz CT molecular complexity index is 300. The lowest BCUT2D eigenvalue weighted by atomic mass is 9.75. The normalized spacial score (nSPS) is 28.5. The van der Waals surface area contributed by atoms with Crippen molar-refractivity contribution in [2.75, 3.05) is 6.26 Å². The van der Waals surface area contributed by atoms with Crippen LogP contribution in [-0.4, -0.2) is 23.0 Å². The Morgan fingerprint density at radius 1 is 1.15 bits per heavy atom. The lowest BCUT2D eigenvalue weighted by Crippen LogP contribution is -2.43. The van der Waals surface area contributed by atoms with Gasteiger partial charge in [-0.2, -0.15) is 0 Å². The van der Waals surface area contributed by atoms with Crippen LogP contribution in [0.2, 0.25) is 0 Å². The van der Waals surface area contributed by atoms with Crippen LogP contribution in [0.25, 0.3) is 0 Å². The van der Waals surface area contributed by atoms with Gasteiger partial charge in [-0.3, -0.25) is 4.99 Å². The summed E-state index contributed by atoms with van der Waals surface area (Å²) < 4.78 is 0. The van der Waals surface area contributed by atoms with Gasteiger partial charge in [0, 0.05) is 5.54 Å². The molecule has 0 amide bonds. The molecule has 0 spiro atoms. The summed E-state index contributed by atoms with van der Waals surface area (Å²) in [5, 5.41) is 4.78. The fourth-order valence-corrected chi connectivity index (χ4v) is 3.73. The van der Waals surface area contributed by atoms with Gasteiger partial charge in [0.15, 0.2) is 5.17 Å². The minimum absolute atomic E-state index is 0.139. The zero-order valence-corrected chi connectivity index (χ0v) is 15.1. The monoisotopic (exact) mass is 298 g/mol. The molecule has 3 heteroatoms. The Balaban J connectivity index is 2.88. The molecule has 2 unspecified atom stereocenters. The fourth-order valence-electron chi connectivity index (χ4n) is 3.12. The van der Waals surface area contributed by atoms with Crippen LogP contribution in [0.1, 0.15) is 73.1 Å². The standard InChI is InChI=1S/C17H34N2S/c1-7-13-11-10-12-14(8-2)15(13)18-16(20-6)19-17(4,5)9-3/h13-15H,7-12H2,1-6H3,(H,18,19). The molecule has 1 aliphatic rings. The molecule has 0 saturated heterocycles. The van der Waals surface area contributed by atoms with E-state index in [-0.39, 0.29) is 5.54 Å². The average molecular weight is 299 g/mol. The van der Waals surface area contributed by atoms with E-state index in [1.807, 2.05) is 0 Å². The SMILES string of the molecule is CCC1CCCC(CC)C1N=C(NC(C)(C)CC)SC. The summed E-state index contributed by atoms with van der Waals surface area (Å²) in [6.07, 6.45) is 9.91. The predicted molar refractivity (Wildman–Crippen MR) is 93.7 cm³/mol. The van der Waals surface area contributed by atoms with Crippen LogP contribution >= 0.6 is 11.8 Å². The van der Waals surface area contributed by atoms with Crippen molar-refractivity contribution in [1.82, 2.24) is 5.32 Å². The average Bonchev–Trinajstić information content (AvgIpc) is 2.46. The van der Waals surface area contributed by atoms with Crippen LogP contribution in [0.4, 0.5) is 0 Å². The first-order chi connectivity index (χ1) is 9.47. The van der Waals surface area contributed by atoms with Crippen molar-refractivity contribution in [3.63, 3.8) is 0 Å². The minimum Gasteiger partial charge on any atom is -0.360 e. The Hall–Kier alpha value is -0.180. The lowest BCUT2D eigenvalue weighted by Gasteiger charge is -2.36. The molecule has 118 valence electrons. The molecule has 1 rings (SSSR count). The second-order valence-corrected chi connectivity index (χ2v) is 7.55. The van der Waals surface area contributed by atoms with E-state index in [2.05, 4.69) is 46.2 Å². The number of rotatable bonds is 5. The predicted octanol–water partition coefficient (Wildman–Crippen LogP) is 5.09. The molecule has 0 bridgehead atoms. The van der Waals surface area contributed by atoms with Crippen LogP contribution in [-0.2, 0) is 0 Å². The van der Waals surface area contributed by atoms with E-state index in [0.717, 1.165) is 23.4 Å². The first-order valence-electron chi connectivity index (χ1n) is 8.37. The summed E-state index contributed by atoms with van der Waals surface area (Å²) in [5.74, 6) is 1.56. The molecule has 1 saturated carbocycles. The topological polar surface area (TPSA) is 24.4 Å². The fraction of sp³-hybridized carbons (Fsp3) is 0.941. The van der Waals surface area contributed by atoms with Gasteiger partial charge in [0.25, 0.3) is 0 Å². The minimum atomic E-state index is 0.139. The number of hydrogen-bond donors (Lipinski definition) is 1. The van der Waals surface area contributed by atoms with E-state index in [1.54, 1.807) is 11.8 Å². The van der Waals surface area contributed by atoms with E-state index in [1.165, 1.54) is 32.1 Å². The Labute approximate surface area is 130 Å². The summed E-state index contributed by atoms with van der Waals surface area (Å²) in [6.45, 7) is 11.4. The van der Waals surface area contributed by atoms with E-state index in [4.69, 9.17) is 4.99 Å². The zero-order chi connectivity index (χ0) is 15.2.